The van der Waals surface area contributed by atoms with Crippen LogP contribution >= 0.6 is 0 Å². The molecule has 0 aliphatic rings. The second-order valence-electron chi connectivity index (χ2n) is 3.73. The zero-order valence-corrected chi connectivity index (χ0v) is 9.68. The lowest BCUT2D eigenvalue weighted by molar-refractivity contribution is 0.196. The SMILES string of the molecule is Cc1cc(C(O)CS(C)(=O)=O)c(F)cc1F. The summed E-state index contributed by atoms with van der Waals surface area (Å²) in [7, 11) is -3.42. The van der Waals surface area contributed by atoms with Crippen LogP contribution in [0.4, 0.5) is 8.78 Å². The standard InChI is InChI=1S/C10H12F2O3S/c1-6-3-7(9(12)4-8(6)11)10(13)5-16(2,14)15/h3-4,10,13H,5H2,1-2H3. The van der Waals surface area contributed by atoms with Crippen molar-refractivity contribution < 1.29 is 22.3 Å². The Hall–Kier alpha value is -1.01. The summed E-state index contributed by atoms with van der Waals surface area (Å²) in [6, 6.07) is 1.75. The highest BCUT2D eigenvalue weighted by Gasteiger charge is 2.19. The Morgan fingerprint density at radius 1 is 1.31 bits per heavy atom. The Labute approximate surface area is 92.6 Å². The molecule has 1 unspecified atom stereocenters. The van der Waals surface area contributed by atoms with Crippen LogP contribution in [-0.2, 0) is 9.84 Å². The molecule has 1 aromatic carbocycles. The van der Waals surface area contributed by atoms with E-state index in [4.69, 9.17) is 0 Å². The van der Waals surface area contributed by atoms with E-state index < -0.39 is 33.3 Å². The van der Waals surface area contributed by atoms with E-state index >= 15 is 0 Å². The van der Waals surface area contributed by atoms with Crippen LogP contribution in [0.5, 0.6) is 0 Å². The van der Waals surface area contributed by atoms with Gasteiger partial charge in [-0.3, -0.25) is 0 Å². The lowest BCUT2D eigenvalue weighted by Gasteiger charge is -2.12. The van der Waals surface area contributed by atoms with Crippen LogP contribution in [0.2, 0.25) is 0 Å². The monoisotopic (exact) mass is 250 g/mol. The zero-order chi connectivity index (χ0) is 12.5. The minimum absolute atomic E-state index is 0.156. The average Bonchev–Trinajstić information content (AvgIpc) is 2.08. The van der Waals surface area contributed by atoms with E-state index in [1.165, 1.54) is 6.92 Å². The molecular weight excluding hydrogens is 238 g/mol. The summed E-state index contributed by atoms with van der Waals surface area (Å²) in [4.78, 5) is 0. The fraction of sp³-hybridized carbons (Fsp3) is 0.400. The third kappa shape index (κ3) is 3.24. The van der Waals surface area contributed by atoms with Crippen molar-refractivity contribution in [1.29, 1.82) is 0 Å². The minimum atomic E-state index is -3.42. The molecule has 0 saturated carbocycles. The number of aliphatic hydroxyl groups excluding tert-OH is 1. The van der Waals surface area contributed by atoms with E-state index in [9.17, 15) is 22.3 Å². The van der Waals surface area contributed by atoms with E-state index in [2.05, 4.69) is 0 Å². The molecule has 0 radical (unpaired) electrons. The van der Waals surface area contributed by atoms with Gasteiger partial charge in [0.2, 0.25) is 0 Å². The molecule has 3 nitrogen and oxygen atoms in total. The lowest BCUT2D eigenvalue weighted by atomic mass is 10.1. The van der Waals surface area contributed by atoms with Crippen LogP contribution in [0, 0.1) is 18.6 Å². The number of aryl methyl sites for hydroxylation is 1. The Bertz CT molecular complexity index is 497. The van der Waals surface area contributed by atoms with Crippen molar-refractivity contribution in [2.24, 2.45) is 0 Å². The van der Waals surface area contributed by atoms with Crippen LogP contribution in [0.3, 0.4) is 0 Å². The molecule has 0 aromatic heterocycles. The number of halogens is 2. The first-order valence-corrected chi connectivity index (χ1v) is 6.58. The van der Waals surface area contributed by atoms with Gasteiger partial charge in [-0.2, -0.15) is 0 Å². The van der Waals surface area contributed by atoms with Gasteiger partial charge in [0, 0.05) is 17.9 Å². The molecule has 1 N–H and O–H groups in total. The Kier molecular flexibility index (Phi) is 3.64. The van der Waals surface area contributed by atoms with Crippen LogP contribution in [0.1, 0.15) is 17.2 Å². The second-order valence-corrected chi connectivity index (χ2v) is 5.92. The predicted molar refractivity (Wildman–Crippen MR) is 55.8 cm³/mol. The maximum Gasteiger partial charge on any atom is 0.150 e. The fourth-order valence-corrected chi connectivity index (χ4v) is 2.06. The maximum absolute atomic E-state index is 13.3. The van der Waals surface area contributed by atoms with E-state index in [0.29, 0.717) is 6.07 Å². The van der Waals surface area contributed by atoms with Gasteiger partial charge in [-0.15, -0.1) is 0 Å². The molecule has 0 amide bonds. The molecule has 0 aliphatic carbocycles. The summed E-state index contributed by atoms with van der Waals surface area (Å²) in [5, 5.41) is 9.51. The number of benzene rings is 1. The van der Waals surface area contributed by atoms with Crippen molar-refractivity contribution in [3.63, 3.8) is 0 Å². The van der Waals surface area contributed by atoms with E-state index in [-0.39, 0.29) is 11.1 Å². The number of aliphatic hydroxyl groups is 1. The fourth-order valence-electron chi connectivity index (χ4n) is 1.31. The number of hydrogen-bond donors (Lipinski definition) is 1. The molecule has 0 fully saturated rings. The molecule has 0 aliphatic heterocycles. The number of sulfone groups is 1. The van der Waals surface area contributed by atoms with Crippen molar-refractivity contribution >= 4 is 9.84 Å². The third-order valence-electron chi connectivity index (χ3n) is 2.10. The Morgan fingerprint density at radius 2 is 1.88 bits per heavy atom. The first-order valence-electron chi connectivity index (χ1n) is 4.52. The van der Waals surface area contributed by atoms with E-state index in [1.807, 2.05) is 0 Å². The quantitative estimate of drug-likeness (QED) is 0.881. The smallest absolute Gasteiger partial charge is 0.150 e. The van der Waals surface area contributed by atoms with Gasteiger partial charge in [0.1, 0.15) is 21.5 Å². The molecule has 16 heavy (non-hydrogen) atoms. The third-order valence-corrected chi connectivity index (χ3v) is 3.02. The molecule has 0 saturated heterocycles. The van der Waals surface area contributed by atoms with Crippen LogP contribution in [-0.4, -0.2) is 25.5 Å². The Balaban J connectivity index is 3.09. The molecule has 0 spiro atoms. The van der Waals surface area contributed by atoms with Crippen molar-refractivity contribution in [3.05, 3.63) is 34.9 Å². The van der Waals surface area contributed by atoms with Crippen LogP contribution in [0.25, 0.3) is 0 Å². The normalized spacial score (nSPS) is 13.8. The van der Waals surface area contributed by atoms with Crippen molar-refractivity contribution in [1.82, 2.24) is 0 Å². The molecule has 0 bridgehead atoms. The average molecular weight is 250 g/mol. The van der Waals surface area contributed by atoms with Gasteiger partial charge in [0.05, 0.1) is 11.9 Å². The summed E-state index contributed by atoms with van der Waals surface area (Å²) in [6.07, 6.45) is -0.542. The van der Waals surface area contributed by atoms with Gasteiger partial charge >= 0.3 is 0 Å². The molecule has 6 heteroatoms. The Morgan fingerprint density at radius 3 is 2.38 bits per heavy atom. The molecule has 1 rings (SSSR count). The first kappa shape index (κ1) is 13.1. The van der Waals surface area contributed by atoms with Gasteiger partial charge in [-0.05, 0) is 18.6 Å². The highest BCUT2D eigenvalue weighted by atomic mass is 32.2. The molecule has 0 heterocycles. The van der Waals surface area contributed by atoms with Crippen LogP contribution < -0.4 is 0 Å². The summed E-state index contributed by atoms with van der Waals surface area (Å²) in [5.41, 5.74) is -0.0479. The van der Waals surface area contributed by atoms with Gasteiger partial charge in [-0.25, -0.2) is 17.2 Å². The van der Waals surface area contributed by atoms with Crippen molar-refractivity contribution in [2.45, 2.75) is 13.0 Å². The van der Waals surface area contributed by atoms with Crippen molar-refractivity contribution in [2.75, 3.05) is 12.0 Å². The van der Waals surface area contributed by atoms with Gasteiger partial charge in [0.15, 0.2) is 0 Å². The van der Waals surface area contributed by atoms with Gasteiger partial charge < -0.3 is 5.11 Å². The zero-order valence-electron chi connectivity index (χ0n) is 8.87. The number of hydrogen-bond acceptors (Lipinski definition) is 3. The highest BCUT2D eigenvalue weighted by molar-refractivity contribution is 7.90. The van der Waals surface area contributed by atoms with Gasteiger partial charge in [0.25, 0.3) is 0 Å². The van der Waals surface area contributed by atoms with E-state index in [0.717, 1.165) is 12.3 Å². The molecular formula is C10H12F2O3S. The summed E-state index contributed by atoms with van der Waals surface area (Å²) >= 11 is 0. The van der Waals surface area contributed by atoms with E-state index in [1.54, 1.807) is 0 Å². The first-order chi connectivity index (χ1) is 7.20. The topological polar surface area (TPSA) is 54.4 Å². The maximum atomic E-state index is 13.3. The van der Waals surface area contributed by atoms with Crippen LogP contribution in [0.15, 0.2) is 12.1 Å². The predicted octanol–water partition coefficient (Wildman–Crippen LogP) is 1.35. The summed E-state index contributed by atoms with van der Waals surface area (Å²) < 4.78 is 48.0. The highest BCUT2D eigenvalue weighted by Crippen LogP contribution is 2.21. The van der Waals surface area contributed by atoms with Gasteiger partial charge in [-0.1, -0.05) is 0 Å². The largest absolute Gasteiger partial charge is 0.387 e. The molecule has 90 valence electrons. The second kappa shape index (κ2) is 4.47. The lowest BCUT2D eigenvalue weighted by Crippen LogP contribution is -2.14. The minimum Gasteiger partial charge on any atom is -0.387 e. The summed E-state index contributed by atoms with van der Waals surface area (Å²) in [5.74, 6) is -2.26. The molecule has 1 aromatic rings. The number of rotatable bonds is 3. The molecule has 1 atom stereocenters. The van der Waals surface area contributed by atoms with Crippen molar-refractivity contribution in [3.8, 4) is 0 Å². The summed E-state index contributed by atoms with van der Waals surface area (Å²) in [6.45, 7) is 1.41.